The third-order valence-corrected chi connectivity index (χ3v) is 12.2. The zero-order valence-electron chi connectivity index (χ0n) is 26.5. The Balaban J connectivity index is 1.21. The first kappa shape index (κ1) is 30.2. The molecule has 4 aliphatic carbocycles. The molecule has 0 amide bonds. The van der Waals surface area contributed by atoms with Crippen molar-refractivity contribution in [1.29, 1.82) is 0 Å². The van der Waals surface area contributed by atoms with Gasteiger partial charge in [0.05, 0.1) is 7.11 Å². The molecule has 4 nitrogen and oxygen atoms in total. The van der Waals surface area contributed by atoms with Crippen molar-refractivity contribution < 1.29 is 19.4 Å². The smallest absolute Gasteiger partial charge is 0.331 e. The molecular formula is C37H54O4. The monoisotopic (exact) mass is 562 g/mol. The number of esters is 1. The van der Waals surface area contributed by atoms with Crippen LogP contribution in [-0.2, 0) is 9.53 Å². The first-order valence-electron chi connectivity index (χ1n) is 16.5. The number of hydrogen-bond acceptors (Lipinski definition) is 4. The van der Waals surface area contributed by atoms with Crippen molar-refractivity contribution in [1.82, 2.24) is 0 Å². The number of allylic oxidation sites excluding steroid dienone is 1. The van der Waals surface area contributed by atoms with Gasteiger partial charge >= 0.3 is 5.97 Å². The van der Waals surface area contributed by atoms with Gasteiger partial charge in [0, 0.05) is 18.1 Å². The second-order valence-corrected chi connectivity index (χ2v) is 14.8. The molecule has 3 fully saturated rings. The number of methoxy groups -OCH3 is 1. The molecule has 4 heteroatoms. The molecular weight excluding hydrogens is 508 g/mol. The van der Waals surface area contributed by atoms with Gasteiger partial charge in [-0.05, 0) is 103 Å². The van der Waals surface area contributed by atoms with E-state index in [4.69, 9.17) is 9.47 Å². The summed E-state index contributed by atoms with van der Waals surface area (Å²) in [6, 6.07) is 5.24. The normalized spacial score (nSPS) is 35.4. The van der Waals surface area contributed by atoms with Crippen LogP contribution < -0.4 is 4.74 Å². The Kier molecular flexibility index (Phi) is 8.98. The molecule has 4 aliphatic rings. The van der Waals surface area contributed by atoms with Gasteiger partial charge in [0.1, 0.15) is 6.10 Å². The van der Waals surface area contributed by atoms with Crippen molar-refractivity contribution in [3.05, 3.63) is 41.5 Å². The minimum absolute atomic E-state index is 0.0344. The maximum absolute atomic E-state index is 12.7. The minimum Gasteiger partial charge on any atom is -0.504 e. The number of hydrogen-bond donors (Lipinski definition) is 1. The van der Waals surface area contributed by atoms with Crippen LogP contribution in [0.5, 0.6) is 11.5 Å². The number of para-hydroxylation sites is 1. The van der Waals surface area contributed by atoms with E-state index in [1.54, 1.807) is 24.3 Å². The van der Waals surface area contributed by atoms with Gasteiger partial charge in [-0.2, -0.15) is 0 Å². The van der Waals surface area contributed by atoms with E-state index in [0.717, 1.165) is 54.8 Å². The van der Waals surface area contributed by atoms with Crippen LogP contribution in [-0.4, -0.2) is 24.3 Å². The highest BCUT2D eigenvalue weighted by Crippen LogP contribution is 2.67. The minimum atomic E-state index is -0.344. The average Bonchev–Trinajstić information content (AvgIpc) is 3.30. The molecule has 0 radical (unpaired) electrons. The predicted molar refractivity (Wildman–Crippen MR) is 167 cm³/mol. The number of fused-ring (bicyclic) bond motifs is 5. The van der Waals surface area contributed by atoms with Crippen molar-refractivity contribution in [2.75, 3.05) is 7.11 Å². The quantitative estimate of drug-likeness (QED) is 0.185. The van der Waals surface area contributed by atoms with Gasteiger partial charge in [-0.3, -0.25) is 0 Å². The molecule has 0 heterocycles. The molecule has 1 N–H and O–H groups in total. The molecule has 226 valence electrons. The van der Waals surface area contributed by atoms with E-state index in [2.05, 4.69) is 40.7 Å². The Bertz CT molecular complexity index is 1150. The topological polar surface area (TPSA) is 55.8 Å². The second kappa shape index (κ2) is 12.2. The molecule has 0 spiro atoms. The lowest BCUT2D eigenvalue weighted by Gasteiger charge is -2.58. The molecule has 0 aliphatic heterocycles. The van der Waals surface area contributed by atoms with Gasteiger partial charge in [0.2, 0.25) is 0 Å². The molecule has 0 saturated heterocycles. The number of aromatic hydroxyl groups is 1. The van der Waals surface area contributed by atoms with Crippen molar-refractivity contribution in [2.45, 2.75) is 111 Å². The maximum atomic E-state index is 12.7. The van der Waals surface area contributed by atoms with Crippen LogP contribution >= 0.6 is 0 Å². The number of rotatable bonds is 9. The highest BCUT2D eigenvalue weighted by molar-refractivity contribution is 5.88. The van der Waals surface area contributed by atoms with E-state index in [9.17, 15) is 9.90 Å². The Labute approximate surface area is 249 Å². The van der Waals surface area contributed by atoms with Crippen LogP contribution in [0.15, 0.2) is 35.9 Å². The number of carbonyl (C=O) groups excluding carboxylic acids is 1. The number of phenols is 1. The zero-order chi connectivity index (χ0) is 29.4. The van der Waals surface area contributed by atoms with E-state index in [-0.39, 0.29) is 23.2 Å². The Morgan fingerprint density at radius 3 is 2.63 bits per heavy atom. The average molecular weight is 563 g/mol. The summed E-state index contributed by atoms with van der Waals surface area (Å²) >= 11 is 0. The number of phenolic OH excluding ortho intramolecular Hbond substituents is 1. The van der Waals surface area contributed by atoms with Crippen LogP contribution in [0.4, 0.5) is 0 Å². The van der Waals surface area contributed by atoms with E-state index >= 15 is 0 Å². The summed E-state index contributed by atoms with van der Waals surface area (Å²) in [7, 11) is 1.52. The summed E-state index contributed by atoms with van der Waals surface area (Å²) in [6.45, 7) is 12.5. The molecule has 1 aromatic rings. The van der Waals surface area contributed by atoms with Crippen LogP contribution in [0.25, 0.3) is 6.08 Å². The van der Waals surface area contributed by atoms with Crippen molar-refractivity contribution in [3.8, 4) is 11.5 Å². The van der Waals surface area contributed by atoms with Gasteiger partial charge in [0.15, 0.2) is 11.5 Å². The fourth-order valence-electron chi connectivity index (χ4n) is 9.95. The van der Waals surface area contributed by atoms with Gasteiger partial charge in [-0.15, -0.1) is 0 Å². The lowest BCUT2D eigenvalue weighted by Crippen LogP contribution is -2.51. The summed E-state index contributed by atoms with van der Waals surface area (Å²) in [6.07, 6.45) is 19.4. The summed E-state index contributed by atoms with van der Waals surface area (Å²) in [5, 5.41) is 10.3. The van der Waals surface area contributed by atoms with E-state index < -0.39 is 0 Å². The Morgan fingerprint density at radius 1 is 1.07 bits per heavy atom. The first-order chi connectivity index (χ1) is 19.6. The second-order valence-electron chi connectivity index (χ2n) is 14.8. The van der Waals surface area contributed by atoms with E-state index in [0.29, 0.717) is 16.7 Å². The Morgan fingerprint density at radius 2 is 1.88 bits per heavy atom. The number of carbonyl (C=O) groups is 1. The predicted octanol–water partition coefficient (Wildman–Crippen LogP) is 9.37. The highest BCUT2D eigenvalue weighted by Gasteiger charge is 2.59. The van der Waals surface area contributed by atoms with E-state index in [1.807, 2.05) is 0 Å². The van der Waals surface area contributed by atoms with Crippen molar-refractivity contribution >= 4 is 12.0 Å². The largest absolute Gasteiger partial charge is 0.504 e. The molecule has 41 heavy (non-hydrogen) atoms. The SMILES string of the molecule is COc1cccc(/C=C/C(=O)O[C@H]2CC[C@@]3(C)C(=CC[C@H]4[C@@H]5CC[C@H]([C@H](C)CCCC(C)C)[C@@]5(C)CC[C@@H]43)C2)c1O. The molecule has 3 saturated carbocycles. The lowest BCUT2D eigenvalue weighted by molar-refractivity contribution is -0.145. The number of ether oxygens (including phenoxy) is 2. The number of benzene rings is 1. The summed E-state index contributed by atoms with van der Waals surface area (Å²) in [4.78, 5) is 12.7. The van der Waals surface area contributed by atoms with Gasteiger partial charge < -0.3 is 14.6 Å². The molecule has 0 aromatic heterocycles. The zero-order valence-corrected chi connectivity index (χ0v) is 26.5. The van der Waals surface area contributed by atoms with Gasteiger partial charge in [-0.25, -0.2) is 4.79 Å². The van der Waals surface area contributed by atoms with Crippen molar-refractivity contribution in [2.24, 2.45) is 46.3 Å². The van der Waals surface area contributed by atoms with Gasteiger partial charge in [-0.1, -0.05) is 77.7 Å². The molecule has 5 rings (SSSR count). The summed E-state index contributed by atoms with van der Waals surface area (Å²) < 4.78 is 11.1. The first-order valence-corrected chi connectivity index (χ1v) is 16.5. The van der Waals surface area contributed by atoms with Crippen molar-refractivity contribution in [3.63, 3.8) is 0 Å². The fraction of sp³-hybridized carbons (Fsp3) is 0.703. The standard InChI is InChI=1S/C37H54O4/c1-24(2)9-7-10-25(3)30-16-17-31-29-15-14-27-23-28(19-21-36(27,4)32(29)20-22-37(30,31)5)41-34(38)18-13-26-11-8-12-33(40-6)35(26)39/h8,11-14,18,24-25,28-32,39H,7,9-10,15-17,19-23H2,1-6H3/b18-13+/t25-,28+,29+,30-,31+,32+,36+,37-/m1/s1. The summed E-state index contributed by atoms with van der Waals surface area (Å²) in [5.74, 6) is 5.07. The fourth-order valence-corrected chi connectivity index (χ4v) is 9.95. The molecule has 0 unspecified atom stereocenters. The lowest BCUT2D eigenvalue weighted by atomic mass is 9.47. The molecule has 8 atom stereocenters. The summed E-state index contributed by atoms with van der Waals surface area (Å²) in [5.41, 5.74) is 2.84. The highest BCUT2D eigenvalue weighted by atomic mass is 16.5. The van der Waals surface area contributed by atoms with Gasteiger partial charge in [0.25, 0.3) is 0 Å². The van der Waals surface area contributed by atoms with Crippen LogP contribution in [0.3, 0.4) is 0 Å². The van der Waals surface area contributed by atoms with E-state index in [1.165, 1.54) is 70.1 Å². The third kappa shape index (κ3) is 5.87. The van der Waals surface area contributed by atoms with Crippen LogP contribution in [0.1, 0.15) is 111 Å². The van der Waals surface area contributed by atoms with Crippen LogP contribution in [0.2, 0.25) is 0 Å². The third-order valence-electron chi connectivity index (χ3n) is 12.2. The Hall–Kier alpha value is -2.23. The van der Waals surface area contributed by atoms with Crippen LogP contribution in [0, 0.1) is 46.3 Å². The molecule has 1 aromatic carbocycles. The molecule has 0 bridgehead atoms. The maximum Gasteiger partial charge on any atom is 0.331 e.